The first-order chi connectivity index (χ1) is 12.4. The summed E-state index contributed by atoms with van der Waals surface area (Å²) in [4.78, 5) is 38.7. The van der Waals surface area contributed by atoms with Gasteiger partial charge in [0.15, 0.2) is 6.17 Å². The second-order valence-corrected chi connectivity index (χ2v) is 5.64. The van der Waals surface area contributed by atoms with E-state index in [1.54, 1.807) is 45.3 Å². The van der Waals surface area contributed by atoms with E-state index in [9.17, 15) is 14.4 Å². The number of likely N-dealkylation sites (N-methyl/N-ethyl adjacent to an activating group) is 1. The molecule has 1 aromatic carbocycles. The molecule has 1 aliphatic rings. The van der Waals surface area contributed by atoms with Gasteiger partial charge in [0.25, 0.3) is 11.8 Å². The zero-order valence-electron chi connectivity index (χ0n) is 14.8. The number of hydrogen-bond donors (Lipinski definition) is 5. The molecule has 0 bridgehead atoms. The molecule has 0 saturated heterocycles. The molecule has 9 heteroatoms. The highest BCUT2D eigenvalue weighted by molar-refractivity contribution is 6.47. The van der Waals surface area contributed by atoms with E-state index < -0.39 is 29.9 Å². The van der Waals surface area contributed by atoms with Gasteiger partial charge in [0.05, 0.1) is 17.4 Å². The fourth-order valence-electron chi connectivity index (χ4n) is 2.36. The number of rotatable bonds is 6. The number of benzene rings is 1. The monoisotopic (exact) mass is 358 g/mol. The number of carbonyl (C=O) groups is 3. The normalized spacial score (nSPS) is 17.3. The van der Waals surface area contributed by atoms with Gasteiger partial charge in [-0.05, 0) is 38.4 Å². The molecule has 0 fully saturated rings. The lowest BCUT2D eigenvalue weighted by Crippen LogP contribution is -2.62. The summed E-state index contributed by atoms with van der Waals surface area (Å²) in [5, 5.41) is 18.7. The van der Waals surface area contributed by atoms with Gasteiger partial charge in [0.2, 0.25) is 5.91 Å². The van der Waals surface area contributed by atoms with E-state index >= 15 is 0 Å². The molecule has 0 radical (unpaired) electrons. The Morgan fingerprint density at radius 2 is 2.00 bits per heavy atom. The maximum absolute atomic E-state index is 12.8. The molecule has 0 saturated carbocycles. The molecule has 2 atom stereocenters. The summed E-state index contributed by atoms with van der Waals surface area (Å²) in [5.41, 5.74) is 0.510. The number of fused-ring (bicyclic) bond motifs is 1. The lowest BCUT2D eigenvalue weighted by Gasteiger charge is -2.36. The number of carbonyl (C=O) groups excluding carboxylic acids is 3. The summed E-state index contributed by atoms with van der Waals surface area (Å²) >= 11 is 0. The first kappa shape index (κ1) is 19.1. The average Bonchev–Trinajstić information content (AvgIpc) is 2.65. The van der Waals surface area contributed by atoms with Crippen LogP contribution in [0.15, 0.2) is 36.5 Å². The van der Waals surface area contributed by atoms with Crippen LogP contribution < -0.4 is 26.2 Å². The van der Waals surface area contributed by atoms with Crippen molar-refractivity contribution in [3.8, 4) is 0 Å². The molecule has 0 spiro atoms. The summed E-state index contributed by atoms with van der Waals surface area (Å²) in [7, 11) is 3.25. The number of para-hydroxylation sites is 2. The smallest absolute Gasteiger partial charge is 0.278 e. The van der Waals surface area contributed by atoms with E-state index in [4.69, 9.17) is 5.41 Å². The maximum Gasteiger partial charge on any atom is 0.278 e. The molecule has 1 heterocycles. The van der Waals surface area contributed by atoms with Crippen molar-refractivity contribution in [1.82, 2.24) is 16.0 Å². The van der Waals surface area contributed by atoms with Crippen LogP contribution in [0.4, 0.5) is 11.4 Å². The van der Waals surface area contributed by atoms with Gasteiger partial charge in [0.1, 0.15) is 5.71 Å². The Kier molecular flexibility index (Phi) is 6.07. The summed E-state index contributed by atoms with van der Waals surface area (Å²) in [6.07, 6.45) is 1.46. The standard InChI is InChI=1S/C17H22N6O3/c1-10(20-3)15(24)22-14-16(25)21-12-6-4-5-7-13(12)23(14)17(26)11(18)8-9-19-2/h4-10,14,18-20H,1-3H3,(H,21,25)(H,22,24)/b9-8-,18-11?/t10-,14?/m0/s1. The van der Waals surface area contributed by atoms with E-state index in [-0.39, 0.29) is 5.71 Å². The molecular weight excluding hydrogens is 336 g/mol. The van der Waals surface area contributed by atoms with Gasteiger partial charge >= 0.3 is 0 Å². The Hall–Kier alpha value is -3.20. The minimum absolute atomic E-state index is 0.329. The van der Waals surface area contributed by atoms with Crippen molar-refractivity contribution < 1.29 is 14.4 Å². The second kappa shape index (κ2) is 8.26. The van der Waals surface area contributed by atoms with Crippen LogP contribution in [-0.2, 0) is 14.4 Å². The highest BCUT2D eigenvalue weighted by atomic mass is 16.2. The molecular formula is C17H22N6O3. The van der Waals surface area contributed by atoms with Gasteiger partial charge < -0.3 is 21.3 Å². The summed E-state index contributed by atoms with van der Waals surface area (Å²) < 4.78 is 0. The lowest BCUT2D eigenvalue weighted by atomic mass is 10.1. The second-order valence-electron chi connectivity index (χ2n) is 5.64. The maximum atomic E-state index is 12.8. The molecule has 26 heavy (non-hydrogen) atoms. The summed E-state index contributed by atoms with van der Waals surface area (Å²) in [6.45, 7) is 1.63. The van der Waals surface area contributed by atoms with Gasteiger partial charge in [0, 0.05) is 7.05 Å². The van der Waals surface area contributed by atoms with Gasteiger partial charge in [-0.1, -0.05) is 12.1 Å². The Balaban J connectivity index is 2.42. The van der Waals surface area contributed by atoms with E-state index in [1.807, 2.05) is 0 Å². The third kappa shape index (κ3) is 3.89. The zero-order chi connectivity index (χ0) is 19.3. The molecule has 2 rings (SSSR count). The van der Waals surface area contributed by atoms with Crippen LogP contribution in [0.25, 0.3) is 0 Å². The van der Waals surface area contributed by atoms with E-state index in [2.05, 4.69) is 21.3 Å². The van der Waals surface area contributed by atoms with Crippen LogP contribution >= 0.6 is 0 Å². The Labute approximate surface area is 151 Å². The van der Waals surface area contributed by atoms with Crippen molar-refractivity contribution in [3.05, 3.63) is 36.5 Å². The quantitative estimate of drug-likeness (QED) is 0.449. The highest BCUT2D eigenvalue weighted by Gasteiger charge is 2.39. The zero-order valence-corrected chi connectivity index (χ0v) is 14.8. The minimum Gasteiger partial charge on any atom is -0.394 e. The lowest BCUT2D eigenvalue weighted by molar-refractivity contribution is -0.128. The molecule has 0 aromatic heterocycles. The number of nitrogens with one attached hydrogen (secondary N) is 5. The van der Waals surface area contributed by atoms with Gasteiger partial charge in [-0.25, -0.2) is 0 Å². The Bertz CT molecular complexity index is 761. The van der Waals surface area contributed by atoms with Crippen molar-refractivity contribution in [1.29, 1.82) is 5.41 Å². The number of anilines is 2. The first-order valence-electron chi connectivity index (χ1n) is 8.04. The third-order valence-electron chi connectivity index (χ3n) is 3.90. The molecule has 5 N–H and O–H groups in total. The van der Waals surface area contributed by atoms with Crippen LogP contribution in [-0.4, -0.2) is 49.7 Å². The molecule has 0 aliphatic carbocycles. The summed E-state index contributed by atoms with van der Waals surface area (Å²) in [5.74, 6) is -1.71. The van der Waals surface area contributed by atoms with Crippen LogP contribution in [0.5, 0.6) is 0 Å². The van der Waals surface area contributed by atoms with Crippen molar-refractivity contribution in [2.75, 3.05) is 24.3 Å². The van der Waals surface area contributed by atoms with Crippen molar-refractivity contribution >= 4 is 34.8 Å². The molecule has 138 valence electrons. The first-order valence-corrected chi connectivity index (χ1v) is 8.04. The molecule has 1 unspecified atom stereocenters. The van der Waals surface area contributed by atoms with Crippen LogP contribution in [0.1, 0.15) is 6.92 Å². The summed E-state index contributed by atoms with van der Waals surface area (Å²) in [6, 6.07) is 6.16. The van der Waals surface area contributed by atoms with Gasteiger partial charge in [-0.3, -0.25) is 24.7 Å². The topological polar surface area (TPSA) is 126 Å². The predicted octanol–water partition coefficient (Wildman–Crippen LogP) is -0.225. The predicted molar refractivity (Wildman–Crippen MR) is 98.9 cm³/mol. The van der Waals surface area contributed by atoms with Crippen molar-refractivity contribution in [2.24, 2.45) is 0 Å². The highest BCUT2D eigenvalue weighted by Crippen LogP contribution is 2.31. The van der Waals surface area contributed by atoms with Crippen molar-refractivity contribution in [2.45, 2.75) is 19.1 Å². The van der Waals surface area contributed by atoms with Crippen LogP contribution in [0.2, 0.25) is 0 Å². The largest absolute Gasteiger partial charge is 0.394 e. The van der Waals surface area contributed by atoms with Gasteiger partial charge in [-0.15, -0.1) is 0 Å². The Morgan fingerprint density at radius 1 is 1.31 bits per heavy atom. The third-order valence-corrected chi connectivity index (χ3v) is 3.90. The molecule has 3 amide bonds. The van der Waals surface area contributed by atoms with E-state index in [0.29, 0.717) is 11.4 Å². The van der Waals surface area contributed by atoms with Crippen molar-refractivity contribution in [3.63, 3.8) is 0 Å². The molecule has 1 aromatic rings. The Morgan fingerprint density at radius 3 is 2.65 bits per heavy atom. The van der Waals surface area contributed by atoms with E-state index in [0.717, 1.165) is 4.90 Å². The fraction of sp³-hybridized carbons (Fsp3) is 0.294. The minimum atomic E-state index is -1.26. The van der Waals surface area contributed by atoms with Crippen LogP contribution in [0.3, 0.4) is 0 Å². The SMILES string of the molecule is CN/C=C\C(=N)C(=O)N1c2ccccc2NC(=O)C1NC(=O)[C@H](C)NC. The van der Waals surface area contributed by atoms with Gasteiger partial charge in [-0.2, -0.15) is 0 Å². The molecule has 1 aliphatic heterocycles. The van der Waals surface area contributed by atoms with Crippen LogP contribution in [0, 0.1) is 5.41 Å². The van der Waals surface area contributed by atoms with E-state index in [1.165, 1.54) is 12.3 Å². The number of nitrogens with zero attached hydrogens (tertiary/aromatic N) is 1. The average molecular weight is 358 g/mol. The number of amides is 3. The fourth-order valence-corrected chi connectivity index (χ4v) is 2.36. The molecule has 9 nitrogen and oxygen atoms in total. The number of hydrogen-bond acceptors (Lipinski definition) is 6.